The Labute approximate surface area is 177 Å². The molecule has 10 heteroatoms. The molecule has 0 aromatic heterocycles. The van der Waals surface area contributed by atoms with E-state index in [-0.39, 0.29) is 6.54 Å². The number of azide groups is 1. The van der Waals surface area contributed by atoms with E-state index >= 15 is 0 Å². The largest absolute Gasteiger partial charge is 0.481 e. The van der Waals surface area contributed by atoms with Crippen molar-refractivity contribution in [1.82, 2.24) is 0 Å². The van der Waals surface area contributed by atoms with Crippen LogP contribution in [0, 0.1) is 0 Å². The van der Waals surface area contributed by atoms with Crippen LogP contribution in [-0.2, 0) is 9.53 Å². The van der Waals surface area contributed by atoms with Crippen molar-refractivity contribution in [2.45, 2.75) is 43.5 Å². The van der Waals surface area contributed by atoms with Crippen LogP contribution in [0.2, 0.25) is 0 Å². The molecule has 1 aliphatic heterocycles. The van der Waals surface area contributed by atoms with Gasteiger partial charge in [-0.05, 0) is 29.6 Å². The monoisotopic (exact) mass is 429 g/mol. The summed E-state index contributed by atoms with van der Waals surface area (Å²) < 4.78 is 11.4. The second kappa shape index (κ2) is 9.78. The van der Waals surface area contributed by atoms with Gasteiger partial charge in [0.25, 0.3) is 0 Å². The van der Waals surface area contributed by atoms with E-state index in [4.69, 9.17) is 15.0 Å². The first-order chi connectivity index (χ1) is 14.8. The predicted molar refractivity (Wildman–Crippen MR) is 109 cm³/mol. The summed E-state index contributed by atoms with van der Waals surface area (Å²) in [5, 5.41) is 43.2. The van der Waals surface area contributed by atoms with Crippen molar-refractivity contribution in [2.75, 3.05) is 6.54 Å². The fourth-order valence-corrected chi connectivity index (χ4v) is 3.33. The number of nitrogens with zero attached hydrogens (tertiary/aromatic N) is 3. The third-order valence-electron chi connectivity index (χ3n) is 5.19. The summed E-state index contributed by atoms with van der Waals surface area (Å²) in [4.78, 5) is 13.9. The molecule has 1 fully saturated rings. The number of aliphatic hydroxyl groups excluding tert-OH is 3. The Morgan fingerprint density at radius 3 is 2.61 bits per heavy atom. The Bertz CT molecular complexity index is 979. The van der Waals surface area contributed by atoms with Crippen molar-refractivity contribution in [2.24, 2.45) is 5.11 Å². The summed E-state index contributed by atoms with van der Waals surface area (Å²) in [6.07, 6.45) is -6.97. The maximum absolute atomic E-state index is 11.3. The van der Waals surface area contributed by atoms with E-state index in [1.807, 2.05) is 0 Å². The second-order valence-corrected chi connectivity index (χ2v) is 7.23. The number of hydrogen-bond donors (Lipinski definition) is 4. The molecule has 2 aromatic carbocycles. The van der Waals surface area contributed by atoms with Crippen LogP contribution >= 0.6 is 0 Å². The third kappa shape index (κ3) is 4.96. The van der Waals surface area contributed by atoms with Gasteiger partial charge in [0.1, 0.15) is 24.1 Å². The van der Waals surface area contributed by atoms with Crippen LogP contribution in [0.5, 0.6) is 5.75 Å². The number of carboxylic acids is 1. The Kier molecular flexibility index (Phi) is 7.11. The van der Waals surface area contributed by atoms with Crippen LogP contribution in [0.25, 0.3) is 21.6 Å². The molecule has 0 radical (unpaired) electrons. The zero-order valence-corrected chi connectivity index (χ0v) is 16.6. The minimum absolute atomic E-state index is 0.252. The van der Waals surface area contributed by atoms with E-state index in [1.165, 1.54) is 0 Å². The fourth-order valence-electron chi connectivity index (χ4n) is 3.33. The molecule has 1 saturated heterocycles. The summed E-state index contributed by atoms with van der Waals surface area (Å²) >= 11 is 0. The molecule has 0 bridgehead atoms. The smallest absolute Gasteiger partial charge is 0.310 e. The lowest BCUT2D eigenvalue weighted by molar-refractivity contribution is -0.269. The molecular formula is C21H23N3O7. The van der Waals surface area contributed by atoms with Crippen molar-refractivity contribution >= 4 is 5.97 Å². The Balaban J connectivity index is 1.89. The summed E-state index contributed by atoms with van der Waals surface area (Å²) in [7, 11) is 0. The number of hydrogen-bond acceptors (Lipinski definition) is 7. The van der Waals surface area contributed by atoms with Gasteiger partial charge in [0, 0.05) is 10.5 Å². The van der Waals surface area contributed by atoms with Gasteiger partial charge in [-0.1, -0.05) is 47.6 Å². The topological polar surface area (TPSA) is 165 Å². The van der Waals surface area contributed by atoms with Gasteiger partial charge in [-0.2, -0.15) is 0 Å². The molecule has 164 valence electrons. The third-order valence-corrected chi connectivity index (χ3v) is 5.19. The van der Waals surface area contributed by atoms with Crippen LogP contribution < -0.4 is 4.74 Å². The molecule has 2 aromatic rings. The Morgan fingerprint density at radius 1 is 1.16 bits per heavy atom. The minimum Gasteiger partial charge on any atom is -0.481 e. The fraction of sp³-hybridized carbons (Fsp3) is 0.381. The highest BCUT2D eigenvalue weighted by Gasteiger charge is 2.44. The van der Waals surface area contributed by atoms with E-state index in [1.54, 1.807) is 55.5 Å². The summed E-state index contributed by atoms with van der Waals surface area (Å²) in [5.74, 6) is -1.33. The Morgan fingerprint density at radius 2 is 1.90 bits per heavy atom. The number of ether oxygens (including phenoxy) is 2. The highest BCUT2D eigenvalue weighted by molar-refractivity contribution is 5.77. The van der Waals surface area contributed by atoms with Crippen LogP contribution in [0.15, 0.2) is 53.6 Å². The highest BCUT2D eigenvalue weighted by Crippen LogP contribution is 2.34. The van der Waals surface area contributed by atoms with E-state index < -0.39 is 42.6 Å². The van der Waals surface area contributed by atoms with Gasteiger partial charge in [-0.3, -0.25) is 4.79 Å². The molecule has 4 N–H and O–H groups in total. The number of carboxylic acid groups (broad SMARTS) is 1. The van der Waals surface area contributed by atoms with Crippen molar-refractivity contribution in [3.63, 3.8) is 0 Å². The van der Waals surface area contributed by atoms with Crippen LogP contribution in [0.4, 0.5) is 0 Å². The zero-order chi connectivity index (χ0) is 22.5. The quantitative estimate of drug-likeness (QED) is 0.297. The van der Waals surface area contributed by atoms with Crippen molar-refractivity contribution < 1.29 is 34.7 Å². The average Bonchev–Trinajstić information content (AvgIpc) is 2.78. The minimum atomic E-state index is -1.57. The first kappa shape index (κ1) is 22.5. The summed E-state index contributed by atoms with van der Waals surface area (Å²) in [6.45, 7) is 1.34. The summed E-state index contributed by atoms with van der Waals surface area (Å²) in [6, 6.07) is 13.9. The molecule has 1 unspecified atom stereocenters. The van der Waals surface area contributed by atoms with E-state index in [0.717, 1.165) is 0 Å². The molecule has 1 aliphatic rings. The number of benzene rings is 2. The predicted octanol–water partition coefficient (Wildman–Crippen LogP) is 2.04. The van der Waals surface area contributed by atoms with E-state index in [2.05, 4.69) is 10.0 Å². The van der Waals surface area contributed by atoms with Crippen molar-refractivity contribution in [3.05, 3.63) is 64.5 Å². The van der Waals surface area contributed by atoms with Gasteiger partial charge < -0.3 is 29.9 Å². The van der Waals surface area contributed by atoms with Crippen LogP contribution in [-0.4, -0.2) is 63.6 Å². The maximum Gasteiger partial charge on any atom is 0.310 e. The van der Waals surface area contributed by atoms with Gasteiger partial charge in [-0.15, -0.1) is 0 Å². The van der Waals surface area contributed by atoms with Gasteiger partial charge in [0.2, 0.25) is 6.29 Å². The van der Waals surface area contributed by atoms with E-state index in [0.29, 0.717) is 22.4 Å². The van der Waals surface area contributed by atoms with Gasteiger partial charge in [0.05, 0.1) is 18.6 Å². The standard InChI is InChI=1S/C21H23N3O7/c1-11(20(28)29)12-5-4-6-13(9-12)14-7-2-3-8-15(14)30-21-19(27)18(26)17(25)16(31-21)10-23-24-22/h2-9,11,16-19,21,25-27H,10H2,1H3,(H,28,29)/t11?,16-,17-,18+,19+,21+/m1/s1. The molecule has 1 heterocycles. The molecule has 0 saturated carbocycles. The lowest BCUT2D eigenvalue weighted by Crippen LogP contribution is -2.59. The Hall–Kier alpha value is -3.14. The lowest BCUT2D eigenvalue weighted by Gasteiger charge is -2.40. The molecule has 3 rings (SSSR count). The van der Waals surface area contributed by atoms with Crippen LogP contribution in [0.3, 0.4) is 0 Å². The average molecular weight is 429 g/mol. The molecule has 6 atom stereocenters. The molecule has 0 aliphatic carbocycles. The highest BCUT2D eigenvalue weighted by atomic mass is 16.7. The number of aliphatic carboxylic acids is 1. The van der Waals surface area contributed by atoms with Gasteiger partial charge >= 0.3 is 5.97 Å². The second-order valence-electron chi connectivity index (χ2n) is 7.23. The maximum atomic E-state index is 11.3. The first-order valence-corrected chi connectivity index (χ1v) is 9.62. The molecule has 0 amide bonds. The lowest BCUT2D eigenvalue weighted by atomic mass is 9.96. The molecular weight excluding hydrogens is 406 g/mol. The van der Waals surface area contributed by atoms with Crippen molar-refractivity contribution in [1.29, 1.82) is 0 Å². The van der Waals surface area contributed by atoms with Gasteiger partial charge in [0.15, 0.2) is 0 Å². The molecule has 31 heavy (non-hydrogen) atoms. The zero-order valence-electron chi connectivity index (χ0n) is 16.6. The van der Waals surface area contributed by atoms with Crippen molar-refractivity contribution in [3.8, 4) is 16.9 Å². The first-order valence-electron chi connectivity index (χ1n) is 9.62. The molecule has 0 spiro atoms. The SMILES string of the molecule is CC(C(=O)O)c1cccc(-c2ccccc2O[C@H]2O[C@H](CN=[N+]=[N-])[C@@H](O)[C@H](O)[C@@H]2O)c1. The van der Waals surface area contributed by atoms with Gasteiger partial charge in [-0.25, -0.2) is 0 Å². The normalized spacial score (nSPS) is 26.5. The van der Waals surface area contributed by atoms with Crippen LogP contribution in [0.1, 0.15) is 18.4 Å². The van der Waals surface area contributed by atoms with E-state index in [9.17, 15) is 25.2 Å². The molecule has 10 nitrogen and oxygen atoms in total. The number of aliphatic hydroxyl groups is 3. The number of carbonyl (C=O) groups is 1. The number of para-hydroxylation sites is 1. The number of rotatable bonds is 7. The summed E-state index contributed by atoms with van der Waals surface area (Å²) in [5.41, 5.74) is 10.4.